The molecule has 1 saturated heterocycles. The normalized spacial score (nSPS) is 27.8. The number of benzene rings is 1. The van der Waals surface area contributed by atoms with Crippen LogP contribution in [-0.2, 0) is 30.4 Å². The molecule has 2 rings (SSSR count). The zero-order chi connectivity index (χ0) is 23.2. The number of rotatable bonds is 9. The molecule has 1 aromatic rings. The quantitative estimate of drug-likeness (QED) is 0.284. The zero-order valence-corrected chi connectivity index (χ0v) is 17.2. The number of methoxy groups -OCH3 is 1. The van der Waals surface area contributed by atoms with Gasteiger partial charge in [0.1, 0.15) is 36.8 Å². The highest BCUT2D eigenvalue weighted by Gasteiger charge is 2.44. The topological polar surface area (TPSA) is 172 Å². The first-order valence-electron chi connectivity index (χ1n) is 9.57. The minimum Gasteiger partial charge on any atom is -0.469 e. The van der Waals surface area contributed by atoms with Gasteiger partial charge in [0.25, 0.3) is 0 Å². The molecule has 174 valence electrons. The smallest absolute Gasteiger partial charge is 0.309 e. The Kier molecular flexibility index (Phi) is 8.74. The van der Waals surface area contributed by atoms with E-state index in [0.717, 1.165) is 0 Å². The van der Waals surface area contributed by atoms with Crippen LogP contribution in [0.15, 0.2) is 24.3 Å². The molecule has 1 fully saturated rings. The van der Waals surface area contributed by atoms with Crippen molar-refractivity contribution < 1.29 is 54.1 Å². The SMILES string of the molecule is COC(=O)C[C@@](C)(O)CC(=O)OCc1ccc(O[C@H]2O[C@H](CO)[C@@H](O)[C@H](O)[C@H]2O)cc1. The fourth-order valence-electron chi connectivity index (χ4n) is 2.93. The molecule has 0 bridgehead atoms. The second-order valence-corrected chi connectivity index (χ2v) is 7.55. The lowest BCUT2D eigenvalue weighted by molar-refractivity contribution is -0.277. The highest BCUT2D eigenvalue weighted by atomic mass is 16.7. The van der Waals surface area contributed by atoms with Crippen LogP contribution in [0.5, 0.6) is 5.75 Å². The summed E-state index contributed by atoms with van der Waals surface area (Å²) in [4.78, 5) is 23.2. The molecule has 0 unspecified atom stereocenters. The van der Waals surface area contributed by atoms with Crippen molar-refractivity contribution >= 4 is 11.9 Å². The van der Waals surface area contributed by atoms with Crippen molar-refractivity contribution in [2.75, 3.05) is 13.7 Å². The molecule has 0 spiro atoms. The maximum absolute atomic E-state index is 11.9. The maximum Gasteiger partial charge on any atom is 0.309 e. The Morgan fingerprint density at radius 2 is 1.65 bits per heavy atom. The molecule has 31 heavy (non-hydrogen) atoms. The van der Waals surface area contributed by atoms with E-state index in [0.29, 0.717) is 5.56 Å². The Bertz CT molecular complexity index is 731. The van der Waals surface area contributed by atoms with Crippen LogP contribution >= 0.6 is 0 Å². The maximum atomic E-state index is 11.9. The number of carbonyl (C=O) groups is 2. The second kappa shape index (κ2) is 10.8. The van der Waals surface area contributed by atoms with Crippen LogP contribution in [-0.4, -0.2) is 87.5 Å². The summed E-state index contributed by atoms with van der Waals surface area (Å²) in [7, 11) is 1.18. The molecule has 0 aliphatic carbocycles. The number of aliphatic hydroxyl groups is 5. The Morgan fingerprint density at radius 1 is 1.03 bits per heavy atom. The van der Waals surface area contributed by atoms with E-state index in [-0.39, 0.29) is 25.2 Å². The van der Waals surface area contributed by atoms with Gasteiger partial charge in [-0.05, 0) is 24.6 Å². The van der Waals surface area contributed by atoms with Crippen molar-refractivity contribution in [3.63, 3.8) is 0 Å². The summed E-state index contributed by atoms with van der Waals surface area (Å²) in [5.41, 5.74) is -0.991. The fourth-order valence-corrected chi connectivity index (χ4v) is 2.93. The molecule has 0 aromatic heterocycles. The molecule has 5 N–H and O–H groups in total. The van der Waals surface area contributed by atoms with Crippen LogP contribution < -0.4 is 4.74 Å². The van der Waals surface area contributed by atoms with E-state index in [2.05, 4.69) is 4.74 Å². The third kappa shape index (κ3) is 7.13. The van der Waals surface area contributed by atoms with E-state index in [4.69, 9.17) is 14.2 Å². The first kappa shape index (κ1) is 25.0. The molecule has 11 nitrogen and oxygen atoms in total. The molecule has 1 aliphatic heterocycles. The van der Waals surface area contributed by atoms with Gasteiger partial charge in [-0.2, -0.15) is 0 Å². The van der Waals surface area contributed by atoms with Gasteiger partial charge in [0, 0.05) is 0 Å². The van der Waals surface area contributed by atoms with Gasteiger partial charge >= 0.3 is 11.9 Å². The monoisotopic (exact) mass is 444 g/mol. The van der Waals surface area contributed by atoms with E-state index in [1.807, 2.05) is 0 Å². The van der Waals surface area contributed by atoms with Crippen LogP contribution in [0, 0.1) is 0 Å². The Balaban J connectivity index is 1.86. The Hall–Kier alpha value is -2.28. The second-order valence-electron chi connectivity index (χ2n) is 7.55. The van der Waals surface area contributed by atoms with Crippen LogP contribution in [0.2, 0.25) is 0 Å². The number of hydrogen-bond donors (Lipinski definition) is 5. The van der Waals surface area contributed by atoms with E-state index < -0.39 is 54.9 Å². The summed E-state index contributed by atoms with van der Waals surface area (Å²) in [5, 5.41) is 48.8. The van der Waals surface area contributed by atoms with Gasteiger partial charge < -0.3 is 44.5 Å². The molecular formula is C20H28O11. The fraction of sp³-hybridized carbons (Fsp3) is 0.600. The van der Waals surface area contributed by atoms with Gasteiger partial charge in [-0.1, -0.05) is 12.1 Å². The van der Waals surface area contributed by atoms with Gasteiger partial charge in [0.15, 0.2) is 0 Å². The molecule has 0 radical (unpaired) electrons. The van der Waals surface area contributed by atoms with Crippen LogP contribution in [0.4, 0.5) is 0 Å². The summed E-state index contributed by atoms with van der Waals surface area (Å²) >= 11 is 0. The van der Waals surface area contributed by atoms with Gasteiger partial charge in [0.05, 0.1) is 32.2 Å². The van der Waals surface area contributed by atoms with Crippen molar-refractivity contribution in [1.29, 1.82) is 0 Å². The summed E-state index contributed by atoms with van der Waals surface area (Å²) in [6, 6.07) is 6.19. The lowest BCUT2D eigenvalue weighted by Crippen LogP contribution is -2.60. The molecule has 6 atom stereocenters. The number of ether oxygens (including phenoxy) is 4. The van der Waals surface area contributed by atoms with Crippen LogP contribution in [0.1, 0.15) is 25.3 Å². The largest absolute Gasteiger partial charge is 0.469 e. The van der Waals surface area contributed by atoms with Gasteiger partial charge in [-0.3, -0.25) is 9.59 Å². The van der Waals surface area contributed by atoms with Crippen LogP contribution in [0.3, 0.4) is 0 Å². The van der Waals surface area contributed by atoms with E-state index in [9.17, 15) is 35.1 Å². The van der Waals surface area contributed by atoms with Gasteiger partial charge in [-0.15, -0.1) is 0 Å². The minimum atomic E-state index is -1.59. The number of hydrogen-bond acceptors (Lipinski definition) is 11. The van der Waals surface area contributed by atoms with E-state index in [1.54, 1.807) is 12.1 Å². The van der Waals surface area contributed by atoms with E-state index >= 15 is 0 Å². The lowest BCUT2D eigenvalue weighted by atomic mass is 9.98. The first-order valence-corrected chi connectivity index (χ1v) is 9.57. The third-order valence-corrected chi connectivity index (χ3v) is 4.70. The Labute approximate surface area is 178 Å². The molecule has 1 aliphatic rings. The van der Waals surface area contributed by atoms with E-state index in [1.165, 1.54) is 26.2 Å². The molecular weight excluding hydrogens is 416 g/mol. The Morgan fingerprint density at radius 3 is 2.23 bits per heavy atom. The lowest BCUT2D eigenvalue weighted by Gasteiger charge is -2.39. The summed E-state index contributed by atoms with van der Waals surface area (Å²) in [5.74, 6) is -1.08. The standard InChI is InChI=1S/C20H28O11/c1-20(27,7-14(22)28-2)8-15(23)29-10-11-3-5-12(6-4-11)30-19-18(26)17(25)16(24)13(9-21)31-19/h3-6,13,16-19,21,24-27H,7-10H2,1-2H3/t13-,16-,17+,18-,19+,20-/m1/s1. The predicted molar refractivity (Wildman–Crippen MR) is 103 cm³/mol. The summed E-state index contributed by atoms with van der Waals surface area (Å²) in [6.07, 6.45) is -7.69. The van der Waals surface area contributed by atoms with Crippen molar-refractivity contribution in [2.24, 2.45) is 0 Å². The van der Waals surface area contributed by atoms with Crippen molar-refractivity contribution in [2.45, 2.75) is 62.7 Å². The molecule has 1 aromatic carbocycles. The highest BCUT2D eigenvalue weighted by molar-refractivity contribution is 5.74. The summed E-state index contributed by atoms with van der Waals surface area (Å²) < 4.78 is 20.3. The van der Waals surface area contributed by atoms with Crippen molar-refractivity contribution in [1.82, 2.24) is 0 Å². The highest BCUT2D eigenvalue weighted by Crippen LogP contribution is 2.24. The zero-order valence-electron chi connectivity index (χ0n) is 17.2. The van der Waals surface area contributed by atoms with Gasteiger partial charge in [-0.25, -0.2) is 0 Å². The van der Waals surface area contributed by atoms with Crippen molar-refractivity contribution in [3.8, 4) is 5.75 Å². The first-order chi connectivity index (χ1) is 14.6. The number of esters is 2. The number of carbonyl (C=O) groups excluding carboxylic acids is 2. The predicted octanol–water partition coefficient (Wildman–Crippen LogP) is -1.39. The molecule has 11 heteroatoms. The van der Waals surface area contributed by atoms with Crippen molar-refractivity contribution in [3.05, 3.63) is 29.8 Å². The molecule has 0 saturated carbocycles. The van der Waals surface area contributed by atoms with Crippen LogP contribution in [0.25, 0.3) is 0 Å². The average Bonchev–Trinajstić information content (AvgIpc) is 2.72. The van der Waals surface area contributed by atoms with Gasteiger partial charge in [0.2, 0.25) is 6.29 Å². The summed E-state index contributed by atoms with van der Waals surface area (Å²) in [6.45, 7) is 0.672. The average molecular weight is 444 g/mol. The number of aliphatic hydroxyl groups excluding tert-OH is 4. The molecule has 0 amide bonds. The minimum absolute atomic E-state index is 0.0898. The third-order valence-electron chi connectivity index (χ3n) is 4.70. The molecule has 1 heterocycles.